The third-order valence-electron chi connectivity index (χ3n) is 4.09. The Hall–Kier alpha value is -1.39. The SMILES string of the molecule is CCOC(=O)CCN(CC)CCC(O)c1ccc(C(C)C)cc1. The summed E-state index contributed by atoms with van der Waals surface area (Å²) < 4.78 is 4.95. The van der Waals surface area contributed by atoms with E-state index in [1.807, 2.05) is 19.1 Å². The summed E-state index contributed by atoms with van der Waals surface area (Å²) in [5, 5.41) is 10.3. The lowest BCUT2D eigenvalue weighted by molar-refractivity contribution is -0.143. The van der Waals surface area contributed by atoms with Gasteiger partial charge in [0.05, 0.1) is 19.1 Å². The molecule has 1 N–H and O–H groups in total. The first-order valence-corrected chi connectivity index (χ1v) is 8.63. The number of rotatable bonds is 10. The molecule has 0 radical (unpaired) electrons. The molecule has 0 aromatic heterocycles. The second-order valence-corrected chi connectivity index (χ2v) is 6.12. The van der Waals surface area contributed by atoms with Gasteiger partial charge >= 0.3 is 5.97 Å². The highest BCUT2D eigenvalue weighted by Crippen LogP contribution is 2.21. The van der Waals surface area contributed by atoms with Crippen LogP contribution in [0.1, 0.15) is 63.7 Å². The van der Waals surface area contributed by atoms with Gasteiger partial charge in [-0.25, -0.2) is 0 Å². The van der Waals surface area contributed by atoms with E-state index in [1.165, 1.54) is 5.56 Å². The molecule has 0 aliphatic carbocycles. The third kappa shape index (κ3) is 7.14. The molecular formula is C19H31NO3. The van der Waals surface area contributed by atoms with E-state index in [4.69, 9.17) is 4.74 Å². The van der Waals surface area contributed by atoms with E-state index in [9.17, 15) is 9.90 Å². The van der Waals surface area contributed by atoms with Crippen LogP contribution < -0.4 is 0 Å². The van der Waals surface area contributed by atoms with Gasteiger partial charge in [-0.15, -0.1) is 0 Å². The van der Waals surface area contributed by atoms with E-state index >= 15 is 0 Å². The van der Waals surface area contributed by atoms with Gasteiger partial charge in [0.1, 0.15) is 0 Å². The third-order valence-corrected chi connectivity index (χ3v) is 4.09. The molecule has 1 rings (SSSR count). The summed E-state index contributed by atoms with van der Waals surface area (Å²) in [6, 6.07) is 8.19. The van der Waals surface area contributed by atoms with Crippen molar-refractivity contribution in [2.45, 2.75) is 52.6 Å². The Labute approximate surface area is 140 Å². The Morgan fingerprint density at radius 1 is 1.13 bits per heavy atom. The molecule has 0 bridgehead atoms. The van der Waals surface area contributed by atoms with Gasteiger partial charge in [-0.1, -0.05) is 45.0 Å². The number of hydrogen-bond donors (Lipinski definition) is 1. The highest BCUT2D eigenvalue weighted by atomic mass is 16.5. The average molecular weight is 321 g/mol. The Kier molecular flexibility index (Phi) is 8.89. The van der Waals surface area contributed by atoms with Crippen LogP contribution in [0.5, 0.6) is 0 Å². The average Bonchev–Trinajstić information content (AvgIpc) is 2.55. The lowest BCUT2D eigenvalue weighted by Gasteiger charge is -2.22. The van der Waals surface area contributed by atoms with Gasteiger partial charge in [0.15, 0.2) is 0 Å². The topological polar surface area (TPSA) is 49.8 Å². The van der Waals surface area contributed by atoms with Gasteiger partial charge in [0, 0.05) is 13.1 Å². The molecule has 4 heteroatoms. The van der Waals surface area contributed by atoms with Crippen molar-refractivity contribution < 1.29 is 14.6 Å². The van der Waals surface area contributed by atoms with Crippen LogP contribution in [-0.4, -0.2) is 42.2 Å². The molecule has 1 aromatic carbocycles. The summed E-state index contributed by atoms with van der Waals surface area (Å²) in [4.78, 5) is 13.6. The van der Waals surface area contributed by atoms with Crippen LogP contribution in [0.4, 0.5) is 0 Å². The smallest absolute Gasteiger partial charge is 0.307 e. The number of carbonyl (C=O) groups is 1. The molecule has 0 amide bonds. The fourth-order valence-electron chi connectivity index (χ4n) is 2.49. The lowest BCUT2D eigenvalue weighted by atomic mass is 9.99. The fraction of sp³-hybridized carbons (Fsp3) is 0.632. The zero-order valence-corrected chi connectivity index (χ0v) is 14.9. The molecule has 0 aliphatic heterocycles. The van der Waals surface area contributed by atoms with Gasteiger partial charge in [0.2, 0.25) is 0 Å². The maximum Gasteiger partial charge on any atom is 0.307 e. The quantitative estimate of drug-likeness (QED) is 0.670. The summed E-state index contributed by atoms with van der Waals surface area (Å²) in [5.74, 6) is 0.343. The highest BCUT2D eigenvalue weighted by molar-refractivity contribution is 5.69. The summed E-state index contributed by atoms with van der Waals surface area (Å²) in [6.45, 7) is 10.9. The number of nitrogens with zero attached hydrogens (tertiary/aromatic N) is 1. The van der Waals surface area contributed by atoms with Gasteiger partial charge in [-0.3, -0.25) is 4.79 Å². The zero-order chi connectivity index (χ0) is 17.2. The number of aliphatic hydroxyl groups excluding tert-OH is 1. The first-order valence-electron chi connectivity index (χ1n) is 8.63. The molecule has 0 spiro atoms. The predicted molar refractivity (Wildman–Crippen MR) is 93.5 cm³/mol. The largest absolute Gasteiger partial charge is 0.466 e. The summed E-state index contributed by atoms with van der Waals surface area (Å²) >= 11 is 0. The molecule has 1 aromatic rings. The van der Waals surface area contributed by atoms with Crippen molar-refractivity contribution in [3.05, 3.63) is 35.4 Å². The molecule has 0 aliphatic rings. The minimum absolute atomic E-state index is 0.157. The first-order chi connectivity index (χ1) is 11.0. The zero-order valence-electron chi connectivity index (χ0n) is 14.9. The molecule has 0 heterocycles. The number of esters is 1. The van der Waals surface area contributed by atoms with Crippen LogP contribution in [0, 0.1) is 0 Å². The first kappa shape index (κ1) is 19.7. The molecule has 1 atom stereocenters. The Morgan fingerprint density at radius 2 is 1.74 bits per heavy atom. The van der Waals surface area contributed by atoms with E-state index < -0.39 is 6.10 Å². The van der Waals surface area contributed by atoms with E-state index in [-0.39, 0.29) is 5.97 Å². The standard InChI is InChI=1S/C19H31NO3/c1-5-20(14-12-19(22)23-6-2)13-11-18(21)17-9-7-16(8-10-17)15(3)4/h7-10,15,18,21H,5-6,11-14H2,1-4H3. The van der Waals surface area contributed by atoms with Crippen molar-refractivity contribution in [1.82, 2.24) is 4.90 Å². The fourth-order valence-corrected chi connectivity index (χ4v) is 2.49. The normalized spacial score (nSPS) is 12.7. The van der Waals surface area contributed by atoms with Crippen molar-refractivity contribution >= 4 is 5.97 Å². The lowest BCUT2D eigenvalue weighted by Crippen LogP contribution is -2.28. The van der Waals surface area contributed by atoms with Crippen molar-refractivity contribution in [3.8, 4) is 0 Å². The number of carbonyl (C=O) groups excluding carboxylic acids is 1. The number of benzene rings is 1. The molecule has 130 valence electrons. The van der Waals surface area contributed by atoms with Crippen LogP contribution in [0.3, 0.4) is 0 Å². The van der Waals surface area contributed by atoms with E-state index in [1.54, 1.807) is 0 Å². The minimum Gasteiger partial charge on any atom is -0.466 e. The van der Waals surface area contributed by atoms with E-state index in [0.717, 1.165) is 18.7 Å². The maximum atomic E-state index is 11.4. The molecule has 4 nitrogen and oxygen atoms in total. The predicted octanol–water partition coefficient (Wildman–Crippen LogP) is 3.51. The molecular weight excluding hydrogens is 290 g/mol. The second kappa shape index (κ2) is 10.4. The van der Waals surface area contributed by atoms with Crippen molar-refractivity contribution in [3.63, 3.8) is 0 Å². The Balaban J connectivity index is 2.43. The van der Waals surface area contributed by atoms with Gasteiger partial charge < -0.3 is 14.7 Å². The number of aliphatic hydroxyl groups is 1. The van der Waals surface area contributed by atoms with Crippen LogP contribution in [0.2, 0.25) is 0 Å². The van der Waals surface area contributed by atoms with Crippen LogP contribution >= 0.6 is 0 Å². The van der Waals surface area contributed by atoms with Crippen LogP contribution in [0.15, 0.2) is 24.3 Å². The minimum atomic E-state index is -0.465. The van der Waals surface area contributed by atoms with Gasteiger partial charge in [0.25, 0.3) is 0 Å². The van der Waals surface area contributed by atoms with E-state index in [0.29, 0.717) is 31.9 Å². The maximum absolute atomic E-state index is 11.4. The molecule has 23 heavy (non-hydrogen) atoms. The monoisotopic (exact) mass is 321 g/mol. The number of hydrogen-bond acceptors (Lipinski definition) is 4. The van der Waals surface area contributed by atoms with Crippen molar-refractivity contribution in [2.75, 3.05) is 26.2 Å². The van der Waals surface area contributed by atoms with Crippen LogP contribution in [-0.2, 0) is 9.53 Å². The van der Waals surface area contributed by atoms with Gasteiger partial charge in [-0.2, -0.15) is 0 Å². The number of ether oxygens (including phenoxy) is 1. The molecule has 1 unspecified atom stereocenters. The molecule has 0 saturated carbocycles. The molecule has 0 fully saturated rings. The summed E-state index contributed by atoms with van der Waals surface area (Å²) in [5.41, 5.74) is 2.24. The summed E-state index contributed by atoms with van der Waals surface area (Å²) in [7, 11) is 0. The summed E-state index contributed by atoms with van der Waals surface area (Å²) in [6.07, 6.45) is 0.603. The van der Waals surface area contributed by atoms with Crippen LogP contribution in [0.25, 0.3) is 0 Å². The van der Waals surface area contributed by atoms with E-state index in [2.05, 4.69) is 37.8 Å². The van der Waals surface area contributed by atoms with Gasteiger partial charge in [-0.05, 0) is 36.9 Å². The highest BCUT2D eigenvalue weighted by Gasteiger charge is 2.12. The Morgan fingerprint density at radius 3 is 2.26 bits per heavy atom. The Bertz CT molecular complexity index is 456. The molecule has 0 saturated heterocycles. The van der Waals surface area contributed by atoms with Crippen molar-refractivity contribution in [2.24, 2.45) is 0 Å². The second-order valence-electron chi connectivity index (χ2n) is 6.12. The van der Waals surface area contributed by atoms with Crippen molar-refractivity contribution in [1.29, 1.82) is 0 Å².